The molecule has 0 saturated heterocycles. The molecule has 0 spiro atoms. The zero-order valence-electron chi connectivity index (χ0n) is 10.7. The molecule has 0 saturated carbocycles. The number of nitrogens with two attached hydrogens (primary N) is 1. The first kappa shape index (κ1) is 14.2. The van der Waals surface area contributed by atoms with Crippen LogP contribution in [0.25, 0.3) is 0 Å². The summed E-state index contributed by atoms with van der Waals surface area (Å²) in [6.45, 7) is 1.77. The van der Waals surface area contributed by atoms with Crippen LogP contribution in [-0.2, 0) is 16.0 Å². The summed E-state index contributed by atoms with van der Waals surface area (Å²) in [6.07, 6.45) is 0.499. The van der Waals surface area contributed by atoms with Gasteiger partial charge >= 0.3 is 0 Å². The molecular formula is C13H19N3O2. The summed E-state index contributed by atoms with van der Waals surface area (Å²) in [4.78, 5) is 23.0. The quantitative estimate of drug-likeness (QED) is 0.716. The molecule has 0 heterocycles. The van der Waals surface area contributed by atoms with Gasteiger partial charge in [0.25, 0.3) is 0 Å². The Morgan fingerprint density at radius 1 is 1.28 bits per heavy atom. The minimum Gasteiger partial charge on any atom is -0.359 e. The van der Waals surface area contributed by atoms with E-state index in [4.69, 9.17) is 5.73 Å². The maximum absolute atomic E-state index is 11.6. The van der Waals surface area contributed by atoms with Crippen LogP contribution in [-0.4, -0.2) is 24.9 Å². The Morgan fingerprint density at radius 3 is 2.56 bits per heavy atom. The summed E-state index contributed by atoms with van der Waals surface area (Å²) in [5, 5.41) is 5.33. The summed E-state index contributed by atoms with van der Waals surface area (Å²) >= 11 is 0. The number of carbonyl (C=O) groups is 2. The molecule has 5 heteroatoms. The smallest absolute Gasteiger partial charge is 0.225 e. The van der Waals surface area contributed by atoms with Gasteiger partial charge in [-0.15, -0.1) is 0 Å². The van der Waals surface area contributed by atoms with Crippen molar-refractivity contribution in [1.82, 2.24) is 5.32 Å². The van der Waals surface area contributed by atoms with Gasteiger partial charge in [0.1, 0.15) is 0 Å². The second-order valence-corrected chi connectivity index (χ2v) is 4.24. The van der Waals surface area contributed by atoms with Gasteiger partial charge in [-0.05, 0) is 18.6 Å². The van der Waals surface area contributed by atoms with Gasteiger partial charge in [-0.3, -0.25) is 9.59 Å². The molecular weight excluding hydrogens is 230 g/mol. The van der Waals surface area contributed by atoms with E-state index in [1.807, 2.05) is 18.2 Å². The number of hydrogen-bond donors (Lipinski definition) is 3. The number of nitrogens with one attached hydrogen (secondary N) is 2. The van der Waals surface area contributed by atoms with Crippen LogP contribution in [0.3, 0.4) is 0 Å². The Bertz CT molecular complexity index is 430. The van der Waals surface area contributed by atoms with E-state index in [1.165, 1.54) is 0 Å². The molecule has 4 N–H and O–H groups in total. The molecule has 1 aromatic carbocycles. The first-order valence-corrected chi connectivity index (χ1v) is 5.87. The molecule has 0 radical (unpaired) electrons. The summed E-state index contributed by atoms with van der Waals surface area (Å²) in [6, 6.07) is 7.05. The number of hydrogen-bond acceptors (Lipinski definition) is 3. The van der Waals surface area contributed by atoms with E-state index in [9.17, 15) is 9.59 Å². The van der Waals surface area contributed by atoms with Crippen molar-refractivity contribution < 1.29 is 9.59 Å². The largest absolute Gasteiger partial charge is 0.359 e. The molecule has 0 aliphatic rings. The van der Waals surface area contributed by atoms with Crippen molar-refractivity contribution in [2.45, 2.75) is 25.8 Å². The van der Waals surface area contributed by atoms with Gasteiger partial charge in [0.05, 0.1) is 6.42 Å². The lowest BCUT2D eigenvalue weighted by molar-refractivity contribution is -0.120. The second kappa shape index (κ2) is 6.76. The molecule has 1 rings (SSSR count). The van der Waals surface area contributed by atoms with Crippen molar-refractivity contribution in [3.63, 3.8) is 0 Å². The van der Waals surface area contributed by atoms with Crippen LogP contribution in [0.1, 0.15) is 18.9 Å². The molecule has 2 amide bonds. The molecule has 1 unspecified atom stereocenters. The average molecular weight is 249 g/mol. The first-order chi connectivity index (χ1) is 8.52. The molecule has 5 nitrogen and oxygen atoms in total. The van der Waals surface area contributed by atoms with Gasteiger partial charge in [0.15, 0.2) is 0 Å². The topological polar surface area (TPSA) is 84.2 Å². The van der Waals surface area contributed by atoms with E-state index in [0.29, 0.717) is 5.69 Å². The lowest BCUT2D eigenvalue weighted by Gasteiger charge is -2.11. The molecule has 18 heavy (non-hydrogen) atoms. The standard InChI is InChI=1S/C13H19N3O2/c1-9(14)7-13(18)16-11-6-4-3-5-10(11)8-12(17)15-2/h3-6,9H,7-8,14H2,1-2H3,(H,15,17)(H,16,18). The highest BCUT2D eigenvalue weighted by Gasteiger charge is 2.10. The van der Waals surface area contributed by atoms with Crippen molar-refractivity contribution in [3.8, 4) is 0 Å². The normalized spacial score (nSPS) is 11.7. The maximum Gasteiger partial charge on any atom is 0.225 e. The average Bonchev–Trinajstić information content (AvgIpc) is 2.30. The molecule has 0 bridgehead atoms. The zero-order valence-corrected chi connectivity index (χ0v) is 10.7. The summed E-state index contributed by atoms with van der Waals surface area (Å²) in [7, 11) is 1.58. The van der Waals surface area contributed by atoms with Crippen LogP contribution in [0.5, 0.6) is 0 Å². The molecule has 98 valence electrons. The third kappa shape index (κ3) is 4.55. The van der Waals surface area contributed by atoms with E-state index in [1.54, 1.807) is 20.0 Å². The van der Waals surface area contributed by atoms with Gasteiger partial charge in [0, 0.05) is 25.2 Å². The second-order valence-electron chi connectivity index (χ2n) is 4.24. The van der Waals surface area contributed by atoms with Crippen LogP contribution in [0.2, 0.25) is 0 Å². The number of rotatable bonds is 5. The number of likely N-dealkylation sites (N-methyl/N-ethyl adjacent to an activating group) is 1. The van der Waals surface area contributed by atoms with Crippen LogP contribution in [0.15, 0.2) is 24.3 Å². The highest BCUT2D eigenvalue weighted by atomic mass is 16.2. The van der Waals surface area contributed by atoms with Gasteiger partial charge in [-0.25, -0.2) is 0 Å². The predicted octanol–water partition coefficient (Wildman–Crippen LogP) is 0.651. The van der Waals surface area contributed by atoms with Crippen molar-refractivity contribution in [3.05, 3.63) is 29.8 Å². The fraction of sp³-hybridized carbons (Fsp3) is 0.385. The van der Waals surface area contributed by atoms with Crippen molar-refractivity contribution in [2.75, 3.05) is 12.4 Å². The molecule has 0 fully saturated rings. The highest BCUT2D eigenvalue weighted by molar-refractivity contribution is 5.92. The lowest BCUT2D eigenvalue weighted by atomic mass is 10.1. The molecule has 0 aromatic heterocycles. The molecule has 1 aromatic rings. The van der Waals surface area contributed by atoms with E-state index in [0.717, 1.165) is 5.56 Å². The first-order valence-electron chi connectivity index (χ1n) is 5.87. The van der Waals surface area contributed by atoms with Gasteiger partial charge in [-0.1, -0.05) is 18.2 Å². The lowest BCUT2D eigenvalue weighted by Crippen LogP contribution is -2.25. The van der Waals surface area contributed by atoms with Crippen molar-refractivity contribution in [2.24, 2.45) is 5.73 Å². The molecule has 0 aliphatic heterocycles. The Balaban J connectivity index is 2.76. The fourth-order valence-electron chi connectivity index (χ4n) is 1.55. The Labute approximate surface area is 107 Å². The van der Waals surface area contributed by atoms with Crippen LogP contribution in [0.4, 0.5) is 5.69 Å². The SMILES string of the molecule is CNC(=O)Cc1ccccc1NC(=O)CC(C)N. The molecule has 0 aliphatic carbocycles. The number of carbonyl (C=O) groups excluding carboxylic acids is 2. The van der Waals surface area contributed by atoms with Gasteiger partial charge < -0.3 is 16.4 Å². The Morgan fingerprint density at radius 2 is 1.94 bits per heavy atom. The van der Waals surface area contributed by atoms with Gasteiger partial charge in [0.2, 0.25) is 11.8 Å². The zero-order chi connectivity index (χ0) is 13.5. The summed E-state index contributed by atoms with van der Waals surface area (Å²) in [5.41, 5.74) is 7.01. The predicted molar refractivity (Wildman–Crippen MR) is 71.1 cm³/mol. The number of benzene rings is 1. The Kier molecular flexibility index (Phi) is 5.32. The number of anilines is 1. The van der Waals surface area contributed by atoms with Crippen molar-refractivity contribution in [1.29, 1.82) is 0 Å². The minimum atomic E-state index is -0.184. The van der Waals surface area contributed by atoms with Gasteiger partial charge in [-0.2, -0.15) is 0 Å². The minimum absolute atomic E-state index is 0.0936. The third-order valence-electron chi connectivity index (χ3n) is 2.43. The fourth-order valence-corrected chi connectivity index (χ4v) is 1.55. The van der Waals surface area contributed by atoms with E-state index in [2.05, 4.69) is 10.6 Å². The number of para-hydroxylation sites is 1. The summed E-state index contributed by atoms with van der Waals surface area (Å²) in [5.74, 6) is -0.238. The van der Waals surface area contributed by atoms with Crippen LogP contribution in [0, 0.1) is 0 Å². The molecule has 1 atom stereocenters. The Hall–Kier alpha value is -1.88. The van der Waals surface area contributed by atoms with E-state index < -0.39 is 0 Å². The maximum atomic E-state index is 11.6. The van der Waals surface area contributed by atoms with E-state index in [-0.39, 0.29) is 30.7 Å². The van der Waals surface area contributed by atoms with E-state index >= 15 is 0 Å². The monoisotopic (exact) mass is 249 g/mol. The third-order valence-corrected chi connectivity index (χ3v) is 2.43. The number of amides is 2. The van der Waals surface area contributed by atoms with Crippen molar-refractivity contribution >= 4 is 17.5 Å². The highest BCUT2D eigenvalue weighted by Crippen LogP contribution is 2.16. The summed E-state index contributed by atoms with van der Waals surface area (Å²) < 4.78 is 0. The van der Waals surface area contributed by atoms with Crippen LogP contribution < -0.4 is 16.4 Å². The van der Waals surface area contributed by atoms with Crippen LogP contribution >= 0.6 is 0 Å².